The van der Waals surface area contributed by atoms with Crippen LogP contribution in [0.2, 0.25) is 0 Å². The summed E-state index contributed by atoms with van der Waals surface area (Å²) in [6.07, 6.45) is 9.56. The summed E-state index contributed by atoms with van der Waals surface area (Å²) >= 11 is 0. The smallest absolute Gasteiger partial charge is 0.375 e. The Kier molecular flexibility index (Phi) is 90.3. The molecule has 3 saturated carbocycles. The molecule has 3 fully saturated rings. The van der Waals surface area contributed by atoms with Gasteiger partial charge in [0.2, 0.25) is 0 Å². The third kappa shape index (κ3) is 95.9. The van der Waals surface area contributed by atoms with Gasteiger partial charge >= 0.3 is 95.5 Å². The molecule has 0 spiro atoms. The monoisotopic (exact) mass is 2140 g/mol. The van der Waals surface area contributed by atoms with Crippen molar-refractivity contribution in [2.24, 2.45) is 142 Å². The van der Waals surface area contributed by atoms with E-state index in [1.54, 1.807) is 6.92 Å². The van der Waals surface area contributed by atoms with E-state index in [0.29, 0.717) is 170 Å². The van der Waals surface area contributed by atoms with Gasteiger partial charge in [-0.25, -0.2) is 24.0 Å². The first-order valence-electron chi connectivity index (χ1n) is 54.3. The van der Waals surface area contributed by atoms with E-state index in [1.807, 2.05) is 228 Å². The van der Waals surface area contributed by atoms with Gasteiger partial charge in [0.25, 0.3) is 5.78 Å². The fourth-order valence-corrected chi connectivity index (χ4v) is 12.1. The molecule has 3 aliphatic carbocycles. The van der Waals surface area contributed by atoms with Crippen LogP contribution in [0.4, 0.5) is 0 Å². The molecule has 870 valence electrons. The highest BCUT2D eigenvalue weighted by Gasteiger charge is 2.39. The lowest BCUT2D eigenvalue weighted by molar-refractivity contribution is -0.164. The van der Waals surface area contributed by atoms with E-state index in [-0.39, 0.29) is 197 Å². The molecule has 3 rings (SSSR count). The van der Waals surface area contributed by atoms with Gasteiger partial charge in [-0.05, 0) is 158 Å². The van der Waals surface area contributed by atoms with E-state index in [2.05, 4.69) is 0 Å². The topological polar surface area (TPSA) is 466 Å². The Hall–Kier alpha value is -8.93. The Labute approximate surface area is 894 Å². The van der Waals surface area contributed by atoms with Gasteiger partial charge in [-0.1, -0.05) is 255 Å². The second-order valence-corrected chi connectivity index (χ2v) is 45.2. The van der Waals surface area contributed by atoms with Crippen LogP contribution in [0.1, 0.15) is 338 Å². The normalized spacial score (nSPS) is 15.9. The second-order valence-electron chi connectivity index (χ2n) is 45.2. The van der Waals surface area contributed by atoms with Gasteiger partial charge in [0, 0.05) is 12.8 Å². The summed E-state index contributed by atoms with van der Waals surface area (Å²) in [5, 5.41) is 0. The lowest BCUT2D eigenvalue weighted by Crippen LogP contribution is -2.35. The van der Waals surface area contributed by atoms with Crippen LogP contribution in [0.3, 0.4) is 0 Å². The summed E-state index contributed by atoms with van der Waals surface area (Å²) < 4.78 is 95.9. The number of hydrogen-bond donors (Lipinski definition) is 0. The Morgan fingerprint density at radius 2 is 0.416 bits per heavy atom. The zero-order valence-electron chi connectivity index (χ0n) is 97.9. The Morgan fingerprint density at radius 3 is 0.685 bits per heavy atom. The minimum atomic E-state index is -0.972. The van der Waals surface area contributed by atoms with Gasteiger partial charge in [0.15, 0.2) is 0 Å². The standard InChI is InChI=1S/3C16H28O4.C14H26O6.C14H26O4.C13H24O4.C12H22O5.C12H20O5/c1-11(2)9-19-15(17)13-5-7-14(8-6-13)16(18)20-10-12(3)4;1-11(2)9-19-15(17)13-6-5-7-14(8-13)16(18)20-10-12(3)4;1-11(2)9-19-15(17)13-7-5-6-8-14(13)16(18)20-10-12(3)4;1-11(2)7-19-13(15)9-17-5-6-18-10-14(16)20-8-12(3)4;1-10(2)8-17-13(15)6-12(5)7-14(16)18-9-11(3)4;1-9(2)7-16-12(14)6-11(5)13(15)17-8-10(3)4;1-9(2)5-16-11(13)7-15-8-12(14)17-6-10(3)4;1-8(2)6-16-11(14)5-10(13)12(15)17-7-9(3)4/h3*11-14H,5-10H2,1-4H3;11-12H,5-10H2,1-4H3;10-12H,6-9H2,1-5H3;9-11H,6-8H2,1-5H3;9-10H,5-8H2,1-4H3;8-9H,5-7H2,1-4H3. The van der Waals surface area contributed by atoms with E-state index >= 15 is 0 Å². The lowest BCUT2D eigenvalue weighted by Gasteiger charge is -2.28. The molecule has 0 heterocycles. The third-order valence-corrected chi connectivity index (χ3v) is 19.9. The highest BCUT2D eigenvalue weighted by atomic mass is 16.6. The molecular formula is C113H202O36. The number of hydrogen-bond acceptors (Lipinski definition) is 36. The molecule has 5 atom stereocenters. The molecule has 36 nitrogen and oxygen atoms in total. The summed E-state index contributed by atoms with van der Waals surface area (Å²) in [5.74, 6) is -2.99. The fraction of sp³-hybridized carbons (Fsp3) is 0.850. The number of carbonyl (C=O) groups excluding carboxylic acids is 17. The van der Waals surface area contributed by atoms with Crippen LogP contribution in [0.5, 0.6) is 0 Å². The minimum Gasteiger partial charge on any atom is -0.465 e. The van der Waals surface area contributed by atoms with E-state index < -0.39 is 53.9 Å². The maximum atomic E-state index is 12.1. The summed E-state index contributed by atoms with van der Waals surface area (Å²) in [6, 6.07) is 0. The average Bonchev–Trinajstić information content (AvgIpc) is 0.854. The van der Waals surface area contributed by atoms with E-state index in [4.69, 9.17) is 90.0 Å². The molecule has 0 N–H and O–H groups in total. The van der Waals surface area contributed by atoms with Crippen LogP contribution >= 0.6 is 0 Å². The van der Waals surface area contributed by atoms with E-state index in [1.165, 1.54) is 0 Å². The van der Waals surface area contributed by atoms with Gasteiger partial charge in [-0.15, -0.1) is 0 Å². The molecule has 0 aromatic heterocycles. The first kappa shape index (κ1) is 148. The van der Waals surface area contributed by atoms with Crippen molar-refractivity contribution < 1.29 is 172 Å². The maximum absolute atomic E-state index is 12.1. The number of ether oxygens (including phenoxy) is 19. The van der Waals surface area contributed by atoms with Crippen LogP contribution in [-0.4, -0.2) is 247 Å². The van der Waals surface area contributed by atoms with Crippen molar-refractivity contribution in [3.63, 3.8) is 0 Å². The Balaban J connectivity index is -0.000000531. The SMILES string of the molecule is CC(C)COC(=O)C1CCC(C(=O)OCC(C)C)CC1.CC(C)COC(=O)C1CCCC(C(=O)OCC(C)C)C1.CC(C)COC(=O)C1CCCCC1C(=O)OCC(C)C.CC(C)COC(=O)CC(=O)C(=O)OCC(C)C.CC(C)COC(=O)CC(C)C(=O)OCC(C)C.CC(C)COC(=O)CC(C)CC(=O)OCC(C)C.CC(C)COC(=O)COCC(=O)OCC(C)C.CC(C)COC(=O)COCCOCC(=O)OCC(C)C. The molecule has 0 aromatic rings. The number of ketones is 1. The van der Waals surface area contributed by atoms with Gasteiger partial charge in [0.1, 0.15) is 32.8 Å². The summed E-state index contributed by atoms with van der Waals surface area (Å²) in [5.41, 5.74) is 0. The summed E-state index contributed by atoms with van der Waals surface area (Å²) in [4.78, 5) is 196. The minimum absolute atomic E-state index is 0.0377. The lowest BCUT2D eigenvalue weighted by atomic mass is 9.79. The molecule has 0 radical (unpaired) electrons. The number of Topliss-reactive ketones (excluding diaryl/α,β-unsaturated/α-hetero) is 1. The average molecular weight is 2140 g/mol. The molecular weight excluding hydrogens is 1930 g/mol. The van der Waals surface area contributed by atoms with Crippen molar-refractivity contribution in [1.29, 1.82) is 0 Å². The quantitative estimate of drug-likeness (QED) is 0.0179. The summed E-state index contributed by atoms with van der Waals surface area (Å²) in [6.45, 7) is 72.7. The summed E-state index contributed by atoms with van der Waals surface area (Å²) in [7, 11) is 0. The van der Waals surface area contributed by atoms with Crippen LogP contribution in [0.15, 0.2) is 0 Å². The highest BCUT2D eigenvalue weighted by Crippen LogP contribution is 2.35. The van der Waals surface area contributed by atoms with Crippen LogP contribution in [0.25, 0.3) is 0 Å². The fourth-order valence-electron chi connectivity index (χ4n) is 12.1. The molecule has 36 heteroatoms. The van der Waals surface area contributed by atoms with Crippen molar-refractivity contribution in [1.82, 2.24) is 0 Å². The number of esters is 16. The largest absolute Gasteiger partial charge is 0.465 e. The predicted octanol–water partition coefficient (Wildman–Crippen LogP) is 18.9. The first-order chi connectivity index (χ1) is 69.5. The third-order valence-electron chi connectivity index (χ3n) is 19.9. The Morgan fingerprint density at radius 1 is 0.201 bits per heavy atom. The first-order valence-corrected chi connectivity index (χ1v) is 54.3. The van der Waals surface area contributed by atoms with Crippen molar-refractivity contribution in [2.75, 3.05) is 145 Å². The van der Waals surface area contributed by atoms with Crippen LogP contribution in [0, 0.1) is 142 Å². The zero-order chi connectivity index (χ0) is 115. The van der Waals surface area contributed by atoms with E-state index in [9.17, 15) is 81.5 Å². The zero-order valence-corrected chi connectivity index (χ0v) is 97.9. The van der Waals surface area contributed by atoms with Gasteiger partial charge < -0.3 is 90.0 Å². The molecule has 0 bridgehead atoms. The highest BCUT2D eigenvalue weighted by molar-refractivity contribution is 6.36. The molecule has 0 aliphatic heterocycles. The van der Waals surface area contributed by atoms with Crippen molar-refractivity contribution in [3.05, 3.63) is 0 Å². The second kappa shape index (κ2) is 90.6. The Bertz CT molecular complexity index is 3470. The molecule has 3 aliphatic rings. The number of rotatable bonds is 59. The van der Waals surface area contributed by atoms with Gasteiger partial charge in [-0.3, -0.25) is 57.5 Å². The molecule has 149 heavy (non-hydrogen) atoms. The van der Waals surface area contributed by atoms with Crippen molar-refractivity contribution in [3.8, 4) is 0 Å². The molecule has 0 aromatic carbocycles. The molecule has 5 unspecified atom stereocenters. The maximum Gasteiger partial charge on any atom is 0.375 e. The molecule has 0 amide bonds. The molecule has 0 saturated heterocycles. The van der Waals surface area contributed by atoms with Crippen molar-refractivity contribution >= 4 is 101 Å². The van der Waals surface area contributed by atoms with Crippen LogP contribution < -0.4 is 0 Å². The van der Waals surface area contributed by atoms with Crippen LogP contribution in [-0.2, 0) is 172 Å². The van der Waals surface area contributed by atoms with Crippen molar-refractivity contribution in [2.45, 2.75) is 338 Å². The predicted molar refractivity (Wildman–Crippen MR) is 563 cm³/mol. The van der Waals surface area contributed by atoms with E-state index in [0.717, 1.165) is 70.6 Å². The van der Waals surface area contributed by atoms with Gasteiger partial charge in [0.05, 0.1) is 167 Å². The number of carbonyl (C=O) groups is 17. The van der Waals surface area contributed by atoms with Gasteiger partial charge in [-0.2, -0.15) is 0 Å².